The van der Waals surface area contributed by atoms with Gasteiger partial charge in [-0.05, 0) is 36.5 Å². The third-order valence-corrected chi connectivity index (χ3v) is 5.60. The molecule has 24 heavy (non-hydrogen) atoms. The molecule has 1 heterocycles. The fourth-order valence-corrected chi connectivity index (χ4v) is 3.87. The minimum absolute atomic E-state index is 0. The first-order chi connectivity index (χ1) is 10.6. The van der Waals surface area contributed by atoms with Crippen molar-refractivity contribution in [2.24, 2.45) is 29.6 Å². The third kappa shape index (κ3) is 4.38. The molecule has 1 N–H and O–H groups in total. The van der Waals surface area contributed by atoms with Crippen LogP contribution in [0.3, 0.4) is 0 Å². The number of nitrogens with one attached hydrogen (secondary N) is 1. The van der Waals surface area contributed by atoms with E-state index < -0.39 is 10.3 Å². The summed E-state index contributed by atoms with van der Waals surface area (Å²) in [5.41, 5.74) is 0. The molecular weight excluding hydrogens is 346 g/mol. The van der Waals surface area contributed by atoms with Crippen molar-refractivity contribution in [1.82, 2.24) is 5.32 Å². The highest BCUT2D eigenvalue weighted by Gasteiger charge is 2.54. The SMILES string of the molecule is C.C.C1=CC2C=CC1C2.COS(=O)Cl.O=C1NC2C1[C@@H]1C=C[C@H]2C1. The van der Waals surface area contributed by atoms with E-state index >= 15 is 0 Å². The predicted octanol–water partition coefficient (Wildman–Crippen LogP) is 3.78. The average Bonchev–Trinajstić information content (AvgIpc) is 3.26. The Hall–Kier alpha value is -0.910. The molecule has 0 spiro atoms. The zero-order valence-electron chi connectivity index (χ0n) is 12.4. The fraction of sp³-hybridized carbons (Fsp3) is 0.611. The first-order valence-corrected chi connectivity index (χ1v) is 9.46. The monoisotopic (exact) mass is 373 g/mol. The molecule has 5 atom stereocenters. The molecule has 4 bridgehead atoms. The molecule has 3 unspecified atom stereocenters. The van der Waals surface area contributed by atoms with Gasteiger partial charge in [-0.1, -0.05) is 51.3 Å². The molecule has 1 saturated carbocycles. The van der Waals surface area contributed by atoms with Crippen molar-refractivity contribution in [2.75, 3.05) is 7.11 Å². The third-order valence-electron chi connectivity index (χ3n) is 4.96. The van der Waals surface area contributed by atoms with Gasteiger partial charge in [0, 0.05) is 16.7 Å². The number of amides is 1. The summed E-state index contributed by atoms with van der Waals surface area (Å²) >= 11 is 0. The number of halogens is 1. The summed E-state index contributed by atoms with van der Waals surface area (Å²) in [4.78, 5) is 11.0. The number of rotatable bonds is 1. The maximum atomic E-state index is 11.0. The second-order valence-corrected chi connectivity index (χ2v) is 7.68. The Labute approximate surface area is 152 Å². The summed E-state index contributed by atoms with van der Waals surface area (Å²) in [6, 6.07) is 0.516. The molecule has 0 aromatic heterocycles. The number of allylic oxidation sites excluding steroid dienone is 5. The molecule has 6 heteroatoms. The van der Waals surface area contributed by atoms with Crippen LogP contribution < -0.4 is 5.32 Å². The highest BCUT2D eigenvalue weighted by Crippen LogP contribution is 2.47. The number of carbonyl (C=O) groups excluding carboxylic acids is 1. The number of hydrogen-bond acceptors (Lipinski definition) is 3. The molecule has 0 aromatic carbocycles. The Balaban J connectivity index is 0.000000185. The van der Waals surface area contributed by atoms with Gasteiger partial charge in [0.05, 0.1) is 13.0 Å². The zero-order valence-corrected chi connectivity index (χ0v) is 13.9. The van der Waals surface area contributed by atoms with Gasteiger partial charge in [-0.3, -0.25) is 8.98 Å². The summed E-state index contributed by atoms with van der Waals surface area (Å²) < 4.78 is 13.5. The molecule has 2 fully saturated rings. The molecule has 0 radical (unpaired) electrons. The minimum Gasteiger partial charge on any atom is -0.352 e. The largest absolute Gasteiger partial charge is 0.352 e. The Bertz CT molecular complexity index is 532. The predicted molar refractivity (Wildman–Crippen MR) is 101 cm³/mol. The summed E-state index contributed by atoms with van der Waals surface area (Å²) in [7, 11) is 4.38. The number of β-lactam (4-membered cyclic amide) rings is 1. The molecule has 136 valence electrons. The molecule has 4 aliphatic carbocycles. The summed E-state index contributed by atoms with van der Waals surface area (Å²) in [6.07, 6.45) is 16.2. The maximum absolute atomic E-state index is 11.0. The molecule has 5 aliphatic rings. The summed E-state index contributed by atoms with van der Waals surface area (Å²) in [6.45, 7) is 0. The van der Waals surface area contributed by atoms with Crippen molar-refractivity contribution in [1.29, 1.82) is 0 Å². The van der Waals surface area contributed by atoms with Crippen molar-refractivity contribution < 1.29 is 13.2 Å². The maximum Gasteiger partial charge on any atom is 0.255 e. The average molecular weight is 374 g/mol. The molecule has 4 nitrogen and oxygen atoms in total. The minimum atomic E-state index is -1.60. The Kier molecular flexibility index (Phi) is 7.90. The Morgan fingerprint density at radius 2 is 1.54 bits per heavy atom. The zero-order chi connectivity index (χ0) is 15.7. The van der Waals surface area contributed by atoms with Gasteiger partial charge >= 0.3 is 0 Å². The van der Waals surface area contributed by atoms with Crippen molar-refractivity contribution in [3.8, 4) is 0 Å². The molecule has 0 aromatic rings. The standard InChI is InChI=1S/C8H9NO.C7H8.CH3ClO2S.2CH4/c10-8-6-4-1-2-5(3-4)7(6)9-8;1-2-7-4-3-6(1)5-7;1-4-5(2)3;;/h1-2,4-7H,3H2,(H,9,10);1-4,6-7H,5H2;1H3;2*1H4/t4-,5+,6?,7?;;;;/m1..../s1. The molecule has 1 aliphatic heterocycles. The lowest BCUT2D eigenvalue weighted by molar-refractivity contribution is -0.135. The van der Waals surface area contributed by atoms with Gasteiger partial charge < -0.3 is 5.32 Å². The number of carbonyl (C=O) groups is 1. The van der Waals surface area contributed by atoms with Crippen LogP contribution in [-0.4, -0.2) is 23.3 Å². The van der Waals surface area contributed by atoms with Crippen LogP contribution in [0, 0.1) is 29.6 Å². The van der Waals surface area contributed by atoms with Gasteiger partial charge in [0.15, 0.2) is 0 Å². The second-order valence-electron chi connectivity index (χ2n) is 6.20. The quantitative estimate of drug-likeness (QED) is 0.432. The van der Waals surface area contributed by atoms with E-state index in [2.05, 4.69) is 46.0 Å². The van der Waals surface area contributed by atoms with Gasteiger partial charge in [-0.15, -0.1) is 0 Å². The van der Waals surface area contributed by atoms with Crippen molar-refractivity contribution in [2.45, 2.75) is 33.7 Å². The highest BCUT2D eigenvalue weighted by molar-refractivity contribution is 8.04. The van der Waals surface area contributed by atoms with E-state index in [1.165, 1.54) is 20.0 Å². The molecule has 1 amide bonds. The van der Waals surface area contributed by atoms with Gasteiger partial charge in [0.25, 0.3) is 10.3 Å². The van der Waals surface area contributed by atoms with Crippen LogP contribution in [0.5, 0.6) is 0 Å². The molecular formula is C18H28ClNO3S. The smallest absolute Gasteiger partial charge is 0.255 e. The lowest BCUT2D eigenvalue weighted by Gasteiger charge is -2.37. The van der Waals surface area contributed by atoms with Crippen LogP contribution in [0.2, 0.25) is 0 Å². The van der Waals surface area contributed by atoms with E-state index in [1.54, 1.807) is 0 Å². The first kappa shape index (κ1) is 21.1. The van der Waals surface area contributed by atoms with E-state index in [1.807, 2.05) is 0 Å². The topological polar surface area (TPSA) is 55.4 Å². The van der Waals surface area contributed by atoms with E-state index in [0.717, 1.165) is 11.8 Å². The van der Waals surface area contributed by atoms with Crippen LogP contribution in [0.25, 0.3) is 0 Å². The van der Waals surface area contributed by atoms with Gasteiger partial charge in [-0.25, -0.2) is 4.21 Å². The fourth-order valence-electron chi connectivity index (χ4n) is 3.87. The van der Waals surface area contributed by atoms with Crippen molar-refractivity contribution >= 4 is 26.9 Å². The van der Waals surface area contributed by atoms with Crippen molar-refractivity contribution in [3.05, 3.63) is 36.5 Å². The lowest BCUT2D eigenvalue weighted by atomic mass is 9.82. The Morgan fingerprint density at radius 1 is 1.04 bits per heavy atom. The second kappa shape index (κ2) is 8.97. The van der Waals surface area contributed by atoms with Gasteiger partial charge in [-0.2, -0.15) is 0 Å². The van der Waals surface area contributed by atoms with Crippen LogP contribution in [0.15, 0.2) is 36.5 Å². The van der Waals surface area contributed by atoms with Crippen LogP contribution in [-0.2, 0) is 19.3 Å². The van der Waals surface area contributed by atoms with Crippen LogP contribution >= 0.6 is 10.7 Å². The van der Waals surface area contributed by atoms with Crippen LogP contribution in [0.1, 0.15) is 27.7 Å². The number of hydrogen-bond donors (Lipinski definition) is 1. The van der Waals surface area contributed by atoms with E-state index in [0.29, 0.717) is 23.8 Å². The Morgan fingerprint density at radius 3 is 1.83 bits per heavy atom. The van der Waals surface area contributed by atoms with Gasteiger partial charge in [0.1, 0.15) is 0 Å². The van der Waals surface area contributed by atoms with Crippen LogP contribution in [0.4, 0.5) is 0 Å². The molecule has 5 rings (SSSR count). The van der Waals surface area contributed by atoms with Gasteiger partial charge in [0.2, 0.25) is 5.91 Å². The first-order valence-electron chi connectivity index (χ1n) is 7.56. The summed E-state index contributed by atoms with van der Waals surface area (Å²) in [5.74, 6) is 3.52. The van der Waals surface area contributed by atoms with Crippen molar-refractivity contribution in [3.63, 3.8) is 0 Å². The number of fused-ring (bicyclic) bond motifs is 7. The van der Waals surface area contributed by atoms with E-state index in [9.17, 15) is 9.00 Å². The highest BCUT2D eigenvalue weighted by atomic mass is 35.7. The lowest BCUT2D eigenvalue weighted by Crippen LogP contribution is -2.59. The van der Waals surface area contributed by atoms with E-state index in [-0.39, 0.29) is 20.8 Å². The molecule has 1 saturated heterocycles. The normalized spacial score (nSPS) is 38.3. The summed E-state index contributed by atoms with van der Waals surface area (Å²) in [5, 5.41) is 2.95. The van der Waals surface area contributed by atoms with E-state index in [4.69, 9.17) is 10.7 Å².